The zero-order valence-electron chi connectivity index (χ0n) is 9.59. The van der Waals surface area contributed by atoms with E-state index in [1.54, 1.807) is 0 Å². The topological polar surface area (TPSA) is 24.1 Å². The molecular formula is C13H20N2. The molecule has 1 aromatic rings. The molecule has 15 heavy (non-hydrogen) atoms. The molecule has 2 rings (SSSR count). The van der Waals surface area contributed by atoms with Crippen LogP contribution in [0.2, 0.25) is 0 Å². The minimum absolute atomic E-state index is 0.591. The molecule has 1 aromatic carbocycles. The predicted molar refractivity (Wildman–Crippen MR) is 65.4 cm³/mol. The van der Waals surface area contributed by atoms with Crippen LogP contribution in [0.3, 0.4) is 0 Å². The van der Waals surface area contributed by atoms with Gasteiger partial charge in [0, 0.05) is 31.2 Å². The lowest BCUT2D eigenvalue weighted by molar-refractivity contribution is 0.365. The Hall–Kier alpha value is -1.02. The summed E-state index contributed by atoms with van der Waals surface area (Å²) >= 11 is 0. The van der Waals surface area contributed by atoms with Gasteiger partial charge in [-0.15, -0.1) is 0 Å². The molecule has 0 spiro atoms. The smallest absolute Gasteiger partial charge is 0.0375 e. The van der Waals surface area contributed by atoms with Gasteiger partial charge in [0.1, 0.15) is 0 Å². The SMILES string of the molecule is CC(C)c1ccccc1NCC1CNC1. The van der Waals surface area contributed by atoms with Crippen LogP contribution in [-0.2, 0) is 0 Å². The molecule has 1 saturated heterocycles. The second kappa shape index (κ2) is 4.67. The fourth-order valence-corrected chi connectivity index (χ4v) is 1.91. The molecule has 0 radical (unpaired) electrons. The van der Waals surface area contributed by atoms with E-state index in [1.807, 2.05) is 0 Å². The van der Waals surface area contributed by atoms with Crippen LogP contribution >= 0.6 is 0 Å². The van der Waals surface area contributed by atoms with E-state index in [-0.39, 0.29) is 0 Å². The van der Waals surface area contributed by atoms with E-state index in [0.717, 1.165) is 25.6 Å². The fourth-order valence-electron chi connectivity index (χ4n) is 1.91. The van der Waals surface area contributed by atoms with Gasteiger partial charge in [-0.2, -0.15) is 0 Å². The quantitative estimate of drug-likeness (QED) is 0.787. The van der Waals surface area contributed by atoms with Crippen LogP contribution < -0.4 is 10.6 Å². The number of benzene rings is 1. The van der Waals surface area contributed by atoms with Gasteiger partial charge >= 0.3 is 0 Å². The van der Waals surface area contributed by atoms with E-state index in [0.29, 0.717) is 5.92 Å². The first-order valence-corrected chi connectivity index (χ1v) is 5.81. The molecule has 82 valence electrons. The number of hydrogen-bond acceptors (Lipinski definition) is 2. The Morgan fingerprint density at radius 2 is 2.07 bits per heavy atom. The second-order valence-corrected chi connectivity index (χ2v) is 4.65. The summed E-state index contributed by atoms with van der Waals surface area (Å²) in [5, 5.41) is 6.85. The number of nitrogens with one attached hydrogen (secondary N) is 2. The summed E-state index contributed by atoms with van der Waals surface area (Å²) in [6.07, 6.45) is 0. The summed E-state index contributed by atoms with van der Waals surface area (Å²) in [5.74, 6) is 1.40. The van der Waals surface area contributed by atoms with Crippen LogP contribution in [0.1, 0.15) is 25.3 Å². The largest absolute Gasteiger partial charge is 0.384 e. The molecule has 0 aromatic heterocycles. The van der Waals surface area contributed by atoms with Gasteiger partial charge in [-0.1, -0.05) is 32.0 Å². The van der Waals surface area contributed by atoms with Gasteiger partial charge in [-0.25, -0.2) is 0 Å². The molecule has 0 unspecified atom stereocenters. The maximum Gasteiger partial charge on any atom is 0.0375 e. The van der Waals surface area contributed by atoms with E-state index >= 15 is 0 Å². The highest BCUT2D eigenvalue weighted by Crippen LogP contribution is 2.23. The molecule has 1 aliphatic rings. The monoisotopic (exact) mass is 204 g/mol. The van der Waals surface area contributed by atoms with Crippen LogP contribution in [0.4, 0.5) is 5.69 Å². The summed E-state index contributed by atoms with van der Waals surface area (Å²) in [5.41, 5.74) is 2.73. The third kappa shape index (κ3) is 2.51. The highest BCUT2D eigenvalue weighted by molar-refractivity contribution is 5.52. The average molecular weight is 204 g/mol. The number of hydrogen-bond donors (Lipinski definition) is 2. The molecule has 2 N–H and O–H groups in total. The molecule has 0 atom stereocenters. The molecular weight excluding hydrogens is 184 g/mol. The summed E-state index contributed by atoms with van der Waals surface area (Å²) in [4.78, 5) is 0. The summed E-state index contributed by atoms with van der Waals surface area (Å²) in [7, 11) is 0. The molecule has 1 heterocycles. The van der Waals surface area contributed by atoms with Gasteiger partial charge in [0.2, 0.25) is 0 Å². The minimum Gasteiger partial charge on any atom is -0.384 e. The first kappa shape index (κ1) is 10.5. The highest BCUT2D eigenvalue weighted by Gasteiger charge is 2.16. The Balaban J connectivity index is 1.99. The molecule has 0 aliphatic carbocycles. The summed E-state index contributed by atoms with van der Waals surface area (Å²) < 4.78 is 0. The van der Waals surface area contributed by atoms with Crippen LogP contribution in [0.25, 0.3) is 0 Å². The molecule has 1 aliphatic heterocycles. The lowest BCUT2D eigenvalue weighted by Crippen LogP contribution is -2.45. The van der Waals surface area contributed by atoms with E-state index < -0.39 is 0 Å². The Morgan fingerprint density at radius 1 is 1.33 bits per heavy atom. The van der Waals surface area contributed by atoms with Crippen LogP contribution in [-0.4, -0.2) is 19.6 Å². The molecule has 0 saturated carbocycles. The van der Waals surface area contributed by atoms with Crippen molar-refractivity contribution in [2.24, 2.45) is 5.92 Å². The normalized spacial score (nSPS) is 16.5. The van der Waals surface area contributed by atoms with E-state index in [9.17, 15) is 0 Å². The second-order valence-electron chi connectivity index (χ2n) is 4.65. The number of rotatable bonds is 4. The first-order chi connectivity index (χ1) is 7.27. The lowest BCUT2D eigenvalue weighted by Gasteiger charge is -2.28. The molecule has 2 heteroatoms. The Bertz CT molecular complexity index is 316. The molecule has 0 amide bonds. The van der Waals surface area contributed by atoms with Crippen molar-refractivity contribution in [2.75, 3.05) is 25.0 Å². The highest BCUT2D eigenvalue weighted by atomic mass is 15.0. The predicted octanol–water partition coefficient (Wildman–Crippen LogP) is 2.44. The van der Waals surface area contributed by atoms with Crippen molar-refractivity contribution in [1.82, 2.24) is 5.32 Å². The van der Waals surface area contributed by atoms with Crippen molar-refractivity contribution >= 4 is 5.69 Å². The first-order valence-electron chi connectivity index (χ1n) is 5.81. The number of para-hydroxylation sites is 1. The van der Waals surface area contributed by atoms with Crippen molar-refractivity contribution < 1.29 is 0 Å². The third-order valence-electron chi connectivity index (χ3n) is 3.03. The molecule has 2 nitrogen and oxygen atoms in total. The molecule has 1 fully saturated rings. The zero-order chi connectivity index (χ0) is 10.7. The van der Waals surface area contributed by atoms with Crippen molar-refractivity contribution in [3.8, 4) is 0 Å². The van der Waals surface area contributed by atoms with Crippen molar-refractivity contribution in [3.05, 3.63) is 29.8 Å². The maximum atomic E-state index is 3.56. The minimum atomic E-state index is 0.591. The summed E-state index contributed by atoms with van der Waals surface area (Å²) in [6.45, 7) is 7.90. The fraction of sp³-hybridized carbons (Fsp3) is 0.538. The van der Waals surface area contributed by atoms with Crippen molar-refractivity contribution in [1.29, 1.82) is 0 Å². The van der Waals surface area contributed by atoms with Crippen LogP contribution in [0.5, 0.6) is 0 Å². The van der Waals surface area contributed by atoms with Crippen LogP contribution in [0, 0.1) is 5.92 Å². The Kier molecular flexibility index (Phi) is 3.27. The van der Waals surface area contributed by atoms with Gasteiger partial charge in [0.25, 0.3) is 0 Å². The summed E-state index contributed by atoms with van der Waals surface area (Å²) in [6, 6.07) is 8.62. The van der Waals surface area contributed by atoms with Crippen LogP contribution in [0.15, 0.2) is 24.3 Å². The zero-order valence-corrected chi connectivity index (χ0v) is 9.59. The Labute approximate surface area is 92.1 Å². The van der Waals surface area contributed by atoms with Gasteiger partial charge in [-0.05, 0) is 17.5 Å². The average Bonchev–Trinajstić information content (AvgIpc) is 2.16. The van der Waals surface area contributed by atoms with Gasteiger partial charge in [-0.3, -0.25) is 0 Å². The lowest BCUT2D eigenvalue weighted by atomic mass is 9.99. The molecule has 0 bridgehead atoms. The van der Waals surface area contributed by atoms with Gasteiger partial charge in [0.05, 0.1) is 0 Å². The standard InChI is InChI=1S/C13H20N2/c1-10(2)12-5-3-4-6-13(12)15-9-11-7-14-8-11/h3-6,10-11,14-15H,7-9H2,1-2H3. The van der Waals surface area contributed by atoms with E-state index in [1.165, 1.54) is 11.3 Å². The van der Waals surface area contributed by atoms with Gasteiger partial charge in [0.15, 0.2) is 0 Å². The van der Waals surface area contributed by atoms with E-state index in [2.05, 4.69) is 48.7 Å². The maximum absolute atomic E-state index is 3.56. The van der Waals surface area contributed by atoms with Crippen molar-refractivity contribution in [3.63, 3.8) is 0 Å². The van der Waals surface area contributed by atoms with Gasteiger partial charge < -0.3 is 10.6 Å². The number of anilines is 1. The Morgan fingerprint density at radius 3 is 2.67 bits per heavy atom. The van der Waals surface area contributed by atoms with Crippen molar-refractivity contribution in [2.45, 2.75) is 19.8 Å². The van der Waals surface area contributed by atoms with E-state index in [4.69, 9.17) is 0 Å². The third-order valence-corrected chi connectivity index (χ3v) is 3.03.